The standard InChI is InChI=1S/C18H24N4O/c1-13-5-4-10-22(13)14-8-11-21(12-9-14)18-19-16-7-3-2-6-15(16)17(23)20-18/h2-3,6-7,13-14H,4-5,8-12H2,1H3,(H,19,20,23). The first kappa shape index (κ1) is 14.7. The van der Waals surface area contributed by atoms with Crippen molar-refractivity contribution >= 4 is 16.9 Å². The van der Waals surface area contributed by atoms with Crippen molar-refractivity contribution in [1.82, 2.24) is 14.9 Å². The fourth-order valence-electron chi connectivity index (χ4n) is 4.13. The molecule has 2 saturated heterocycles. The average Bonchev–Trinajstić information content (AvgIpc) is 3.01. The lowest BCUT2D eigenvalue weighted by Gasteiger charge is -2.38. The number of hydrogen-bond acceptors (Lipinski definition) is 4. The van der Waals surface area contributed by atoms with Crippen LogP contribution >= 0.6 is 0 Å². The quantitative estimate of drug-likeness (QED) is 0.925. The lowest BCUT2D eigenvalue weighted by molar-refractivity contribution is 0.163. The van der Waals surface area contributed by atoms with Gasteiger partial charge in [-0.25, -0.2) is 4.98 Å². The fourth-order valence-corrected chi connectivity index (χ4v) is 4.13. The number of fused-ring (bicyclic) bond motifs is 1. The predicted molar refractivity (Wildman–Crippen MR) is 93.0 cm³/mol. The monoisotopic (exact) mass is 312 g/mol. The Hall–Kier alpha value is -1.88. The number of aromatic nitrogens is 2. The maximum atomic E-state index is 12.2. The van der Waals surface area contributed by atoms with Crippen LogP contribution in [0, 0.1) is 0 Å². The number of nitrogens with zero attached hydrogens (tertiary/aromatic N) is 3. The average molecular weight is 312 g/mol. The number of likely N-dealkylation sites (tertiary alicyclic amines) is 1. The first-order valence-electron chi connectivity index (χ1n) is 8.72. The maximum absolute atomic E-state index is 12.2. The van der Waals surface area contributed by atoms with E-state index < -0.39 is 0 Å². The van der Waals surface area contributed by atoms with E-state index >= 15 is 0 Å². The highest BCUT2D eigenvalue weighted by atomic mass is 16.1. The third-order valence-corrected chi connectivity index (χ3v) is 5.44. The molecule has 23 heavy (non-hydrogen) atoms. The van der Waals surface area contributed by atoms with Crippen LogP contribution in [-0.4, -0.2) is 46.6 Å². The summed E-state index contributed by atoms with van der Waals surface area (Å²) in [5, 5.41) is 0.664. The summed E-state index contributed by atoms with van der Waals surface area (Å²) in [5.74, 6) is 0.724. The predicted octanol–water partition coefficient (Wildman–Crippen LogP) is 2.38. The summed E-state index contributed by atoms with van der Waals surface area (Å²) in [6.45, 7) is 5.53. The van der Waals surface area contributed by atoms with Crippen molar-refractivity contribution in [1.29, 1.82) is 0 Å². The van der Waals surface area contributed by atoms with Gasteiger partial charge in [0.1, 0.15) is 0 Å². The summed E-state index contributed by atoms with van der Waals surface area (Å²) in [7, 11) is 0. The van der Waals surface area contributed by atoms with Crippen LogP contribution in [0.3, 0.4) is 0 Å². The Morgan fingerprint density at radius 3 is 2.65 bits per heavy atom. The van der Waals surface area contributed by atoms with E-state index in [0.29, 0.717) is 11.4 Å². The maximum Gasteiger partial charge on any atom is 0.260 e. The number of rotatable bonds is 2. The van der Waals surface area contributed by atoms with Crippen LogP contribution in [0.15, 0.2) is 29.1 Å². The number of aromatic amines is 1. The molecule has 1 aromatic heterocycles. The lowest BCUT2D eigenvalue weighted by Crippen LogP contribution is -2.46. The van der Waals surface area contributed by atoms with Gasteiger partial charge in [-0.15, -0.1) is 0 Å². The molecule has 5 heteroatoms. The first-order valence-corrected chi connectivity index (χ1v) is 8.72. The Bertz CT molecular complexity index is 748. The first-order chi connectivity index (χ1) is 11.2. The Balaban J connectivity index is 1.51. The topological polar surface area (TPSA) is 52.2 Å². The minimum absolute atomic E-state index is 0.0408. The van der Waals surface area contributed by atoms with Crippen LogP contribution < -0.4 is 10.5 Å². The molecule has 0 spiro atoms. The molecule has 1 atom stereocenters. The fraction of sp³-hybridized carbons (Fsp3) is 0.556. The third-order valence-electron chi connectivity index (χ3n) is 5.44. The van der Waals surface area contributed by atoms with Gasteiger partial charge in [-0.05, 0) is 51.3 Å². The highest BCUT2D eigenvalue weighted by Gasteiger charge is 2.31. The van der Waals surface area contributed by atoms with Gasteiger partial charge in [0.15, 0.2) is 0 Å². The highest BCUT2D eigenvalue weighted by molar-refractivity contribution is 5.78. The largest absolute Gasteiger partial charge is 0.342 e. The Morgan fingerprint density at radius 1 is 1.13 bits per heavy atom. The van der Waals surface area contributed by atoms with E-state index in [1.807, 2.05) is 24.3 Å². The molecule has 1 unspecified atom stereocenters. The second-order valence-electron chi connectivity index (χ2n) is 6.85. The SMILES string of the molecule is CC1CCCN1C1CCN(c2nc3ccccc3c(=O)[nH]2)CC1. The van der Waals surface area contributed by atoms with Crippen molar-refractivity contribution in [3.8, 4) is 0 Å². The Morgan fingerprint density at radius 2 is 1.91 bits per heavy atom. The van der Waals surface area contributed by atoms with Crippen LogP contribution in [0.2, 0.25) is 0 Å². The van der Waals surface area contributed by atoms with Gasteiger partial charge in [0.05, 0.1) is 10.9 Å². The van der Waals surface area contributed by atoms with Crippen molar-refractivity contribution in [3.05, 3.63) is 34.6 Å². The highest BCUT2D eigenvalue weighted by Crippen LogP contribution is 2.26. The second kappa shape index (κ2) is 5.96. The van der Waals surface area contributed by atoms with E-state index in [1.54, 1.807) is 0 Å². The molecule has 1 N–H and O–H groups in total. The summed E-state index contributed by atoms with van der Waals surface area (Å²) < 4.78 is 0. The molecule has 3 heterocycles. The molecule has 122 valence electrons. The van der Waals surface area contributed by atoms with Gasteiger partial charge in [-0.1, -0.05) is 12.1 Å². The zero-order valence-electron chi connectivity index (χ0n) is 13.7. The van der Waals surface area contributed by atoms with E-state index in [2.05, 4.69) is 26.7 Å². The van der Waals surface area contributed by atoms with E-state index in [0.717, 1.165) is 43.4 Å². The summed E-state index contributed by atoms with van der Waals surface area (Å²) in [6.07, 6.45) is 4.97. The van der Waals surface area contributed by atoms with Crippen molar-refractivity contribution in [3.63, 3.8) is 0 Å². The molecule has 2 aliphatic heterocycles. The molecule has 2 aromatic rings. The van der Waals surface area contributed by atoms with E-state index in [9.17, 15) is 4.79 Å². The molecule has 0 bridgehead atoms. The Kier molecular flexibility index (Phi) is 3.81. The molecule has 0 amide bonds. The van der Waals surface area contributed by atoms with Crippen molar-refractivity contribution in [2.24, 2.45) is 0 Å². The number of piperidine rings is 1. The van der Waals surface area contributed by atoms with Gasteiger partial charge >= 0.3 is 0 Å². The van der Waals surface area contributed by atoms with Crippen LogP contribution in [0.4, 0.5) is 5.95 Å². The van der Waals surface area contributed by atoms with Crippen molar-refractivity contribution in [2.75, 3.05) is 24.5 Å². The molecule has 2 fully saturated rings. The second-order valence-corrected chi connectivity index (χ2v) is 6.85. The minimum Gasteiger partial charge on any atom is -0.342 e. The van der Waals surface area contributed by atoms with Gasteiger partial charge in [0, 0.05) is 25.2 Å². The van der Waals surface area contributed by atoms with Gasteiger partial charge < -0.3 is 4.90 Å². The molecule has 0 aliphatic carbocycles. The van der Waals surface area contributed by atoms with E-state index in [1.165, 1.54) is 19.4 Å². The zero-order chi connectivity index (χ0) is 15.8. The molecule has 5 nitrogen and oxygen atoms in total. The Labute approximate surface area is 136 Å². The van der Waals surface area contributed by atoms with Crippen molar-refractivity contribution < 1.29 is 0 Å². The molecular weight excluding hydrogens is 288 g/mol. The summed E-state index contributed by atoms with van der Waals surface area (Å²) in [4.78, 5) is 24.7. The lowest BCUT2D eigenvalue weighted by atomic mass is 10.0. The van der Waals surface area contributed by atoms with Gasteiger partial charge in [-0.3, -0.25) is 14.7 Å². The van der Waals surface area contributed by atoms with Crippen LogP contribution in [0.25, 0.3) is 10.9 Å². The number of nitrogens with one attached hydrogen (secondary N) is 1. The smallest absolute Gasteiger partial charge is 0.260 e. The third kappa shape index (κ3) is 2.74. The van der Waals surface area contributed by atoms with Crippen LogP contribution in [0.5, 0.6) is 0 Å². The molecule has 0 saturated carbocycles. The van der Waals surface area contributed by atoms with Crippen LogP contribution in [0.1, 0.15) is 32.6 Å². The van der Waals surface area contributed by atoms with Gasteiger partial charge in [-0.2, -0.15) is 0 Å². The van der Waals surface area contributed by atoms with Gasteiger partial charge in [0.2, 0.25) is 5.95 Å². The number of anilines is 1. The normalized spacial score (nSPS) is 23.7. The number of hydrogen-bond donors (Lipinski definition) is 1. The number of benzene rings is 1. The zero-order valence-corrected chi connectivity index (χ0v) is 13.7. The molecule has 0 radical (unpaired) electrons. The molecule has 4 rings (SSSR count). The van der Waals surface area contributed by atoms with Crippen molar-refractivity contribution in [2.45, 2.75) is 44.7 Å². The number of para-hydroxylation sites is 1. The van der Waals surface area contributed by atoms with Crippen LogP contribution in [-0.2, 0) is 0 Å². The van der Waals surface area contributed by atoms with E-state index in [-0.39, 0.29) is 5.56 Å². The molecular formula is C18H24N4O. The van der Waals surface area contributed by atoms with Gasteiger partial charge in [0.25, 0.3) is 5.56 Å². The summed E-state index contributed by atoms with van der Waals surface area (Å²) in [6, 6.07) is 8.96. The molecule has 2 aliphatic rings. The number of H-pyrrole nitrogens is 1. The molecule has 1 aromatic carbocycles. The summed E-state index contributed by atoms with van der Waals surface area (Å²) >= 11 is 0. The summed E-state index contributed by atoms with van der Waals surface area (Å²) in [5.41, 5.74) is 0.738. The van der Waals surface area contributed by atoms with E-state index in [4.69, 9.17) is 0 Å². The minimum atomic E-state index is -0.0408.